The maximum Gasteiger partial charge on any atom is 0.313 e. The molecule has 0 aliphatic carbocycles. The Bertz CT molecular complexity index is 1330. The molecule has 4 unspecified atom stereocenters. The zero-order valence-corrected chi connectivity index (χ0v) is 34.7. The Hall–Kier alpha value is -1.52. The summed E-state index contributed by atoms with van der Waals surface area (Å²) in [5.41, 5.74) is -0.848. The van der Waals surface area contributed by atoms with E-state index in [1.807, 2.05) is 76.2 Å². The highest BCUT2D eigenvalue weighted by Crippen LogP contribution is 2.53. The first-order chi connectivity index (χ1) is 22.3. The van der Waals surface area contributed by atoms with Gasteiger partial charge in [-0.15, -0.1) is 0 Å². The van der Waals surface area contributed by atoms with E-state index < -0.39 is 44.2 Å². The van der Waals surface area contributed by atoms with Crippen LogP contribution in [0.15, 0.2) is 40.9 Å². The SMILES string of the molecule is CC.CC1(OCOC(=O)C(C)(C)C)CC(C2(c3ccccc3)Cc3c(cc(F)c(Cl)c3Br)O2)N(S(=O)C(C)(C)C)C1.CCC.CCCC. The van der Waals surface area contributed by atoms with Crippen molar-refractivity contribution in [2.75, 3.05) is 13.3 Å². The summed E-state index contributed by atoms with van der Waals surface area (Å²) in [7, 11) is -1.44. The van der Waals surface area contributed by atoms with Gasteiger partial charge in [0.15, 0.2) is 12.4 Å². The number of hydrogen-bond donors (Lipinski definition) is 0. The molecule has 0 N–H and O–H groups in total. The predicted octanol–water partition coefficient (Wildman–Crippen LogP) is 11.2. The van der Waals surface area contributed by atoms with E-state index in [2.05, 4.69) is 43.6 Å². The first-order valence-electron chi connectivity index (χ1n) is 17.2. The van der Waals surface area contributed by atoms with Gasteiger partial charge < -0.3 is 14.2 Å². The normalized spacial score (nSPS) is 22.5. The molecule has 0 saturated carbocycles. The highest BCUT2D eigenvalue weighted by Gasteiger charge is 2.59. The Morgan fingerprint density at radius 3 is 2.10 bits per heavy atom. The topological polar surface area (TPSA) is 65.1 Å². The number of halogens is 3. The van der Waals surface area contributed by atoms with Gasteiger partial charge in [0, 0.05) is 29.1 Å². The van der Waals surface area contributed by atoms with Crippen LogP contribution >= 0.6 is 27.5 Å². The molecule has 274 valence electrons. The summed E-state index contributed by atoms with van der Waals surface area (Å²) in [6.07, 6.45) is 4.70. The molecule has 2 aromatic carbocycles. The lowest BCUT2D eigenvalue weighted by Crippen LogP contribution is -2.53. The van der Waals surface area contributed by atoms with Gasteiger partial charge in [-0.05, 0) is 76.4 Å². The van der Waals surface area contributed by atoms with Crippen LogP contribution in [-0.2, 0) is 37.3 Å². The second kappa shape index (κ2) is 19.2. The summed E-state index contributed by atoms with van der Waals surface area (Å²) in [6, 6.07) is 10.6. The number of fused-ring (bicyclic) bond motifs is 1. The molecule has 2 heterocycles. The fourth-order valence-corrected chi connectivity index (χ4v) is 7.37. The lowest BCUT2D eigenvalue weighted by molar-refractivity contribution is -0.178. The summed E-state index contributed by atoms with van der Waals surface area (Å²) in [6.45, 7) is 25.7. The third kappa shape index (κ3) is 11.2. The molecule has 6 nitrogen and oxygen atoms in total. The Labute approximate surface area is 306 Å². The van der Waals surface area contributed by atoms with Crippen molar-refractivity contribution in [1.29, 1.82) is 0 Å². The fourth-order valence-electron chi connectivity index (χ4n) is 5.11. The van der Waals surface area contributed by atoms with Crippen molar-refractivity contribution in [1.82, 2.24) is 4.31 Å². The Kier molecular flexibility index (Phi) is 17.8. The van der Waals surface area contributed by atoms with Gasteiger partial charge in [-0.1, -0.05) is 103 Å². The molecule has 0 aromatic heterocycles. The molecule has 4 atom stereocenters. The van der Waals surface area contributed by atoms with Crippen LogP contribution in [0.4, 0.5) is 4.39 Å². The number of carbonyl (C=O) groups is 1. The third-order valence-corrected chi connectivity index (χ3v) is 11.0. The average molecular weight is 777 g/mol. The van der Waals surface area contributed by atoms with E-state index in [-0.39, 0.29) is 17.8 Å². The van der Waals surface area contributed by atoms with E-state index in [0.29, 0.717) is 29.6 Å². The molecule has 0 spiro atoms. The van der Waals surface area contributed by atoms with Gasteiger partial charge in [0.25, 0.3) is 0 Å². The third-order valence-electron chi connectivity index (χ3n) is 7.66. The van der Waals surface area contributed by atoms with Crippen LogP contribution in [0.25, 0.3) is 0 Å². The van der Waals surface area contributed by atoms with Crippen molar-refractivity contribution in [3.05, 3.63) is 62.8 Å². The smallest absolute Gasteiger partial charge is 0.313 e. The second-order valence-electron chi connectivity index (χ2n) is 14.3. The van der Waals surface area contributed by atoms with Crippen molar-refractivity contribution < 1.29 is 27.6 Å². The summed E-state index contributed by atoms with van der Waals surface area (Å²) in [5.74, 6) is -0.556. The first kappa shape index (κ1) is 44.5. The number of esters is 1. The van der Waals surface area contributed by atoms with Crippen LogP contribution in [-0.4, -0.2) is 44.2 Å². The van der Waals surface area contributed by atoms with Crippen molar-refractivity contribution >= 4 is 44.5 Å². The molecule has 48 heavy (non-hydrogen) atoms. The molecular formula is C38H60BrClFNO5S. The van der Waals surface area contributed by atoms with E-state index in [1.165, 1.54) is 25.3 Å². The zero-order chi connectivity index (χ0) is 37.1. The van der Waals surface area contributed by atoms with Gasteiger partial charge in [-0.2, -0.15) is 0 Å². The van der Waals surface area contributed by atoms with E-state index in [1.54, 1.807) is 20.8 Å². The summed E-state index contributed by atoms with van der Waals surface area (Å²) < 4.78 is 48.8. The van der Waals surface area contributed by atoms with Gasteiger partial charge in [-0.3, -0.25) is 4.79 Å². The number of rotatable bonds is 7. The number of benzene rings is 2. The first-order valence-corrected chi connectivity index (χ1v) is 19.5. The van der Waals surface area contributed by atoms with Crippen LogP contribution in [0, 0.1) is 11.2 Å². The summed E-state index contributed by atoms with van der Waals surface area (Å²) in [5, 5.41) is -0.00315. The van der Waals surface area contributed by atoms with Crippen LogP contribution in [0.1, 0.15) is 127 Å². The van der Waals surface area contributed by atoms with Crippen molar-refractivity contribution in [2.24, 2.45) is 5.41 Å². The number of hydrogen-bond acceptors (Lipinski definition) is 5. The number of carbonyl (C=O) groups excluding carboxylic acids is 1. The Morgan fingerprint density at radius 2 is 1.62 bits per heavy atom. The van der Waals surface area contributed by atoms with Gasteiger partial charge >= 0.3 is 5.97 Å². The number of ether oxygens (including phenoxy) is 3. The van der Waals surface area contributed by atoms with E-state index >= 15 is 0 Å². The number of unbranched alkanes of at least 4 members (excludes halogenated alkanes) is 1. The molecule has 2 aromatic rings. The monoisotopic (exact) mass is 775 g/mol. The van der Waals surface area contributed by atoms with E-state index in [0.717, 1.165) is 11.1 Å². The van der Waals surface area contributed by atoms with Crippen LogP contribution in [0.3, 0.4) is 0 Å². The fraction of sp³-hybridized carbons (Fsp3) is 0.658. The Morgan fingerprint density at radius 1 is 1.08 bits per heavy atom. The van der Waals surface area contributed by atoms with Crippen LogP contribution in [0.5, 0.6) is 5.75 Å². The molecular weight excluding hydrogens is 717 g/mol. The molecule has 10 heteroatoms. The van der Waals surface area contributed by atoms with Crippen molar-refractivity contribution in [2.45, 2.75) is 144 Å². The van der Waals surface area contributed by atoms with E-state index in [9.17, 15) is 13.4 Å². The van der Waals surface area contributed by atoms with Crippen molar-refractivity contribution in [3.63, 3.8) is 0 Å². The summed E-state index contributed by atoms with van der Waals surface area (Å²) in [4.78, 5) is 12.3. The summed E-state index contributed by atoms with van der Waals surface area (Å²) >= 11 is 9.74. The molecule has 2 aliphatic heterocycles. The van der Waals surface area contributed by atoms with Gasteiger partial charge in [-0.25, -0.2) is 12.9 Å². The molecule has 4 rings (SSSR count). The van der Waals surface area contributed by atoms with Gasteiger partial charge in [0.1, 0.15) is 22.6 Å². The zero-order valence-electron chi connectivity index (χ0n) is 31.5. The minimum atomic E-state index is -1.44. The van der Waals surface area contributed by atoms with Crippen LogP contribution in [0.2, 0.25) is 5.02 Å². The molecule has 2 aliphatic rings. The standard InChI is InChI=1S/C29H36BrClFNO5S.C4H10.C3H8.C2H6/c1-26(2,3)25(34)36-17-37-28(7)15-22(33(16-28)39(35)27(4,5)6)29(18-11-9-8-10-12-18)14-19-21(38-29)13-20(32)24(31)23(19)30;1-3-4-2;1-3-2;1-2/h8-13,22H,14-17H2,1-7H3;3-4H2,1-2H3;3H2,1-2H3;1-2H3. The lowest BCUT2D eigenvalue weighted by Gasteiger charge is -2.41. The average Bonchev–Trinajstić information content (AvgIpc) is 3.60. The molecule has 0 bridgehead atoms. The number of nitrogens with zero attached hydrogens (tertiary/aromatic N) is 1. The van der Waals surface area contributed by atoms with Crippen molar-refractivity contribution in [3.8, 4) is 5.75 Å². The maximum atomic E-state index is 14.7. The molecule has 1 fully saturated rings. The largest absolute Gasteiger partial charge is 0.480 e. The van der Waals surface area contributed by atoms with E-state index in [4.69, 9.17) is 25.8 Å². The highest BCUT2D eigenvalue weighted by atomic mass is 79.9. The van der Waals surface area contributed by atoms with Gasteiger partial charge in [0.2, 0.25) is 0 Å². The van der Waals surface area contributed by atoms with Crippen LogP contribution < -0.4 is 4.74 Å². The molecule has 0 radical (unpaired) electrons. The molecule has 0 amide bonds. The highest BCUT2D eigenvalue weighted by molar-refractivity contribution is 9.10. The minimum Gasteiger partial charge on any atom is -0.480 e. The van der Waals surface area contributed by atoms with Gasteiger partial charge in [0.05, 0.1) is 26.8 Å². The lowest BCUT2D eigenvalue weighted by atomic mass is 9.80. The maximum absolute atomic E-state index is 14.7. The molecule has 1 saturated heterocycles. The Balaban J connectivity index is 0.00000115. The minimum absolute atomic E-state index is 0.00315. The predicted molar refractivity (Wildman–Crippen MR) is 202 cm³/mol. The second-order valence-corrected chi connectivity index (χ2v) is 17.6. The quantitative estimate of drug-likeness (QED) is 0.159.